The summed E-state index contributed by atoms with van der Waals surface area (Å²) in [5.41, 5.74) is 3.40. The second-order valence-electron chi connectivity index (χ2n) is 6.68. The van der Waals surface area contributed by atoms with Crippen LogP contribution >= 0.6 is 0 Å². The van der Waals surface area contributed by atoms with Crippen LogP contribution in [0.3, 0.4) is 0 Å². The Balaban J connectivity index is 2.17. The molecule has 0 bridgehead atoms. The van der Waals surface area contributed by atoms with Crippen LogP contribution in [0, 0.1) is 13.8 Å². The van der Waals surface area contributed by atoms with Crippen LogP contribution in [0.15, 0.2) is 47.4 Å². The first kappa shape index (κ1) is 21.1. The summed E-state index contributed by atoms with van der Waals surface area (Å²) in [7, 11) is -3.54. The van der Waals surface area contributed by atoms with E-state index < -0.39 is 10.0 Å². The minimum Gasteiger partial charge on any atom is -0.322 e. The van der Waals surface area contributed by atoms with E-state index in [9.17, 15) is 13.2 Å². The number of anilines is 1. The molecule has 0 aromatic heterocycles. The number of hydrogen-bond acceptors (Lipinski definition) is 3. The molecular formula is C21H28N2O3S. The molecule has 27 heavy (non-hydrogen) atoms. The van der Waals surface area contributed by atoms with Crippen LogP contribution in [-0.2, 0) is 10.0 Å². The molecule has 5 nitrogen and oxygen atoms in total. The molecular weight excluding hydrogens is 360 g/mol. The van der Waals surface area contributed by atoms with Gasteiger partial charge in [-0.05, 0) is 74.2 Å². The Morgan fingerprint density at radius 3 is 2.04 bits per heavy atom. The van der Waals surface area contributed by atoms with Gasteiger partial charge in [0, 0.05) is 24.3 Å². The second-order valence-corrected chi connectivity index (χ2v) is 8.62. The first-order valence-electron chi connectivity index (χ1n) is 9.28. The van der Waals surface area contributed by atoms with E-state index in [4.69, 9.17) is 0 Å². The van der Waals surface area contributed by atoms with Crippen molar-refractivity contribution in [3.8, 4) is 0 Å². The molecule has 0 spiro atoms. The summed E-state index contributed by atoms with van der Waals surface area (Å²) in [6.07, 6.45) is 1.52. The third kappa shape index (κ3) is 5.17. The van der Waals surface area contributed by atoms with Crippen LogP contribution in [0.1, 0.15) is 48.2 Å². The molecule has 0 heterocycles. The van der Waals surface area contributed by atoms with Gasteiger partial charge < -0.3 is 5.32 Å². The number of aryl methyl sites for hydroxylation is 2. The monoisotopic (exact) mass is 388 g/mol. The average molecular weight is 389 g/mol. The van der Waals surface area contributed by atoms with Crippen LogP contribution in [0.4, 0.5) is 5.69 Å². The van der Waals surface area contributed by atoms with E-state index in [-0.39, 0.29) is 10.8 Å². The zero-order valence-corrected chi connectivity index (χ0v) is 17.3. The van der Waals surface area contributed by atoms with Gasteiger partial charge >= 0.3 is 0 Å². The van der Waals surface area contributed by atoms with Crippen molar-refractivity contribution in [2.75, 3.05) is 18.4 Å². The number of rotatable bonds is 8. The lowest BCUT2D eigenvalue weighted by molar-refractivity contribution is 0.102. The predicted octanol–water partition coefficient (Wildman–Crippen LogP) is 4.37. The summed E-state index contributed by atoms with van der Waals surface area (Å²) in [6.45, 7) is 8.90. The second kappa shape index (κ2) is 9.15. The van der Waals surface area contributed by atoms with E-state index in [1.807, 2.05) is 45.9 Å². The zero-order valence-electron chi connectivity index (χ0n) is 16.5. The lowest BCUT2D eigenvalue weighted by Gasteiger charge is -2.21. The minimum absolute atomic E-state index is 0.215. The zero-order chi connectivity index (χ0) is 20.0. The Morgan fingerprint density at radius 2 is 1.52 bits per heavy atom. The highest BCUT2D eigenvalue weighted by molar-refractivity contribution is 7.89. The molecule has 0 saturated carbocycles. The van der Waals surface area contributed by atoms with E-state index in [0.29, 0.717) is 18.7 Å². The molecule has 0 radical (unpaired) electrons. The summed E-state index contributed by atoms with van der Waals surface area (Å²) < 4.78 is 27.1. The van der Waals surface area contributed by atoms with Crippen molar-refractivity contribution in [1.29, 1.82) is 0 Å². The highest BCUT2D eigenvalue weighted by atomic mass is 32.2. The highest BCUT2D eigenvalue weighted by Gasteiger charge is 2.23. The van der Waals surface area contributed by atoms with Crippen LogP contribution in [0.25, 0.3) is 0 Å². The lowest BCUT2D eigenvalue weighted by Crippen LogP contribution is -2.32. The molecule has 0 aliphatic carbocycles. The normalized spacial score (nSPS) is 11.6. The molecule has 1 amide bonds. The Labute approximate surface area is 162 Å². The number of sulfonamides is 1. The van der Waals surface area contributed by atoms with Gasteiger partial charge in [-0.2, -0.15) is 4.31 Å². The van der Waals surface area contributed by atoms with Gasteiger partial charge in [0.05, 0.1) is 4.90 Å². The predicted molar refractivity (Wildman–Crippen MR) is 110 cm³/mol. The van der Waals surface area contributed by atoms with Gasteiger partial charge in [-0.15, -0.1) is 0 Å². The van der Waals surface area contributed by atoms with Crippen LogP contribution < -0.4 is 5.32 Å². The number of nitrogens with one attached hydrogen (secondary N) is 1. The quantitative estimate of drug-likeness (QED) is 0.730. The maximum atomic E-state index is 12.8. The summed E-state index contributed by atoms with van der Waals surface area (Å²) in [5, 5.41) is 2.85. The van der Waals surface area contributed by atoms with Gasteiger partial charge in [-0.25, -0.2) is 8.42 Å². The fraction of sp³-hybridized carbons (Fsp3) is 0.381. The molecule has 0 aliphatic rings. The summed E-state index contributed by atoms with van der Waals surface area (Å²) in [6, 6.07) is 11.8. The number of carbonyl (C=O) groups excluding carboxylic acids is 1. The molecule has 0 fully saturated rings. The minimum atomic E-state index is -3.54. The van der Waals surface area contributed by atoms with Crippen LogP contribution in [0.2, 0.25) is 0 Å². The van der Waals surface area contributed by atoms with Crippen LogP contribution in [-0.4, -0.2) is 31.7 Å². The summed E-state index contributed by atoms with van der Waals surface area (Å²) in [4.78, 5) is 12.7. The van der Waals surface area contributed by atoms with E-state index in [2.05, 4.69) is 5.32 Å². The average Bonchev–Trinajstić information content (AvgIpc) is 2.64. The summed E-state index contributed by atoms with van der Waals surface area (Å²) >= 11 is 0. The lowest BCUT2D eigenvalue weighted by atomic mass is 10.1. The van der Waals surface area contributed by atoms with E-state index >= 15 is 0 Å². The van der Waals surface area contributed by atoms with Gasteiger partial charge in [0.25, 0.3) is 5.91 Å². The number of carbonyl (C=O) groups is 1. The Bertz CT molecular complexity index is 884. The molecule has 0 atom stereocenters. The maximum absolute atomic E-state index is 12.8. The van der Waals surface area contributed by atoms with Gasteiger partial charge in [0.2, 0.25) is 10.0 Å². The van der Waals surface area contributed by atoms with Crippen molar-refractivity contribution in [3.05, 3.63) is 59.2 Å². The van der Waals surface area contributed by atoms with Gasteiger partial charge in [0.1, 0.15) is 0 Å². The fourth-order valence-electron chi connectivity index (χ4n) is 2.80. The fourth-order valence-corrected chi connectivity index (χ4v) is 4.42. The molecule has 0 saturated heterocycles. The van der Waals surface area contributed by atoms with E-state index in [1.165, 1.54) is 16.4 Å². The van der Waals surface area contributed by atoms with Gasteiger partial charge in [-0.1, -0.05) is 19.9 Å². The molecule has 2 aromatic carbocycles. The molecule has 6 heteroatoms. The Morgan fingerprint density at radius 1 is 0.926 bits per heavy atom. The van der Waals surface area contributed by atoms with E-state index in [1.54, 1.807) is 12.1 Å². The summed E-state index contributed by atoms with van der Waals surface area (Å²) in [5.74, 6) is -0.263. The third-order valence-corrected chi connectivity index (χ3v) is 6.38. The number of benzene rings is 2. The molecule has 2 aromatic rings. The number of nitrogens with zero attached hydrogens (tertiary/aromatic N) is 1. The highest BCUT2D eigenvalue weighted by Crippen LogP contribution is 2.19. The molecule has 1 N–H and O–H groups in total. The first-order valence-corrected chi connectivity index (χ1v) is 10.7. The van der Waals surface area contributed by atoms with Crippen molar-refractivity contribution in [3.63, 3.8) is 0 Å². The standard InChI is InChI=1S/C21H28N2O3S/c1-5-13-23(14-6-2)27(25,26)20-11-8-18(9-12-20)21(24)22-19-10-7-16(3)17(4)15-19/h7-12,15H,5-6,13-14H2,1-4H3,(H,22,24). The third-order valence-electron chi connectivity index (χ3n) is 4.47. The van der Waals surface area contributed by atoms with Crippen LogP contribution in [0.5, 0.6) is 0 Å². The van der Waals surface area contributed by atoms with Crippen molar-refractivity contribution in [2.24, 2.45) is 0 Å². The Kier molecular flexibility index (Phi) is 7.16. The van der Waals surface area contributed by atoms with Crippen molar-refractivity contribution >= 4 is 21.6 Å². The topological polar surface area (TPSA) is 66.5 Å². The molecule has 146 valence electrons. The van der Waals surface area contributed by atoms with Crippen molar-refractivity contribution < 1.29 is 13.2 Å². The molecule has 2 rings (SSSR count). The Hall–Kier alpha value is -2.18. The first-order chi connectivity index (χ1) is 12.8. The largest absolute Gasteiger partial charge is 0.322 e. The SMILES string of the molecule is CCCN(CCC)S(=O)(=O)c1ccc(C(=O)Nc2ccc(C)c(C)c2)cc1. The molecule has 0 aliphatic heterocycles. The maximum Gasteiger partial charge on any atom is 0.255 e. The smallest absolute Gasteiger partial charge is 0.255 e. The van der Waals surface area contributed by atoms with Gasteiger partial charge in [-0.3, -0.25) is 4.79 Å². The van der Waals surface area contributed by atoms with E-state index in [0.717, 1.165) is 29.7 Å². The van der Waals surface area contributed by atoms with Crippen molar-refractivity contribution in [1.82, 2.24) is 4.31 Å². The molecule has 0 unspecified atom stereocenters. The van der Waals surface area contributed by atoms with Gasteiger partial charge in [0.15, 0.2) is 0 Å². The number of hydrogen-bond donors (Lipinski definition) is 1. The number of amides is 1. The van der Waals surface area contributed by atoms with Crippen molar-refractivity contribution in [2.45, 2.75) is 45.4 Å².